The zero-order valence-corrected chi connectivity index (χ0v) is 21.1. The number of hydrogen-bond acceptors (Lipinski definition) is 6. The van der Waals surface area contributed by atoms with Crippen molar-refractivity contribution < 1.29 is 9.39 Å². The Hall–Kier alpha value is -2.17. The molecule has 0 saturated carbocycles. The summed E-state index contributed by atoms with van der Waals surface area (Å²) in [5.41, 5.74) is 3.13. The lowest BCUT2D eigenvalue weighted by molar-refractivity contribution is -0.949. The maximum absolute atomic E-state index is 13.0. The third-order valence-corrected chi connectivity index (χ3v) is 7.90. The molecule has 1 aromatic carbocycles. The second kappa shape index (κ2) is 10.2. The lowest BCUT2D eigenvalue weighted by Gasteiger charge is -2.42. The highest BCUT2D eigenvalue weighted by Gasteiger charge is 2.48. The number of para-hydroxylation sites is 1. The van der Waals surface area contributed by atoms with Gasteiger partial charge in [-0.1, -0.05) is 18.2 Å². The lowest BCUT2D eigenvalue weighted by Crippen LogP contribution is -2.56. The Morgan fingerprint density at radius 3 is 2.62 bits per heavy atom. The van der Waals surface area contributed by atoms with Gasteiger partial charge in [0.05, 0.1) is 17.1 Å². The molecule has 0 radical (unpaired) electrons. The first-order valence-electron chi connectivity index (χ1n) is 11.2. The largest absolute Gasteiger partial charge is 0.329 e. The standard InChI is InChI=1S/C23H26N7OS.2ClH/c31-23(27-12-14-32-17-27)19-15-21-7-4-13-30(21,16-19)28-10-8-18(9-11-28)22-24-25-26-29(22)20-5-2-1-3-6-20;;/h1-7,13,15,18H,8-12,14,16-17H2;2*1H/q+1;;/t30-;;/m1../s1. The van der Waals surface area contributed by atoms with Crippen LogP contribution in [-0.2, 0) is 4.79 Å². The van der Waals surface area contributed by atoms with Crippen LogP contribution < -0.4 is 0 Å². The van der Waals surface area contributed by atoms with Gasteiger partial charge in [0.25, 0.3) is 5.91 Å². The van der Waals surface area contributed by atoms with E-state index >= 15 is 0 Å². The van der Waals surface area contributed by atoms with E-state index in [1.54, 1.807) is 0 Å². The summed E-state index contributed by atoms with van der Waals surface area (Å²) in [5, 5.41) is 15.1. The molecule has 34 heavy (non-hydrogen) atoms. The van der Waals surface area contributed by atoms with E-state index in [0.29, 0.717) is 10.5 Å². The predicted octanol–water partition coefficient (Wildman–Crippen LogP) is 3.30. The van der Waals surface area contributed by atoms with Crippen LogP contribution in [0.5, 0.6) is 0 Å². The van der Waals surface area contributed by atoms with Gasteiger partial charge in [0.2, 0.25) is 0 Å². The number of piperidine rings is 1. The van der Waals surface area contributed by atoms with Crippen molar-refractivity contribution in [3.63, 3.8) is 0 Å². The molecule has 2 fully saturated rings. The number of carbonyl (C=O) groups excluding carboxylic acids is 1. The molecule has 4 aliphatic rings. The van der Waals surface area contributed by atoms with Gasteiger partial charge >= 0.3 is 0 Å². The zero-order chi connectivity index (χ0) is 21.5. The number of hydrogen-bond donors (Lipinski definition) is 0. The third-order valence-electron chi connectivity index (χ3n) is 6.93. The van der Waals surface area contributed by atoms with Crippen LogP contribution in [0, 0.1) is 0 Å². The minimum Gasteiger partial charge on any atom is -0.329 e. The average Bonchev–Trinajstić information content (AvgIpc) is 3.63. The molecule has 0 aliphatic carbocycles. The molecule has 2 aromatic rings. The molecule has 1 amide bonds. The third kappa shape index (κ3) is 4.20. The summed E-state index contributed by atoms with van der Waals surface area (Å²) < 4.78 is 2.52. The molecule has 11 heteroatoms. The smallest absolute Gasteiger partial charge is 0.256 e. The summed E-state index contributed by atoms with van der Waals surface area (Å²) in [6.45, 7) is 3.44. The summed E-state index contributed by atoms with van der Waals surface area (Å²) in [5.74, 6) is 3.31. The van der Waals surface area contributed by atoms with Gasteiger partial charge in [-0.25, -0.2) is 0 Å². The molecule has 5 heterocycles. The molecule has 1 aromatic heterocycles. The highest BCUT2D eigenvalue weighted by molar-refractivity contribution is 7.99. The monoisotopic (exact) mass is 520 g/mol. The number of tetrazole rings is 1. The molecule has 8 nitrogen and oxygen atoms in total. The van der Waals surface area contributed by atoms with Crippen molar-refractivity contribution in [2.24, 2.45) is 0 Å². The summed E-state index contributed by atoms with van der Waals surface area (Å²) in [4.78, 5) is 15.0. The maximum Gasteiger partial charge on any atom is 0.256 e. The predicted molar refractivity (Wildman–Crippen MR) is 137 cm³/mol. The fraction of sp³-hybridized carbons (Fsp3) is 0.391. The van der Waals surface area contributed by atoms with E-state index in [1.165, 1.54) is 5.70 Å². The number of amides is 1. The fourth-order valence-electron chi connectivity index (χ4n) is 5.23. The van der Waals surface area contributed by atoms with Gasteiger partial charge in [0, 0.05) is 43.5 Å². The van der Waals surface area contributed by atoms with Crippen molar-refractivity contribution in [3.8, 4) is 5.69 Å². The van der Waals surface area contributed by atoms with E-state index in [4.69, 9.17) is 0 Å². The van der Waals surface area contributed by atoms with E-state index in [1.807, 2.05) is 51.7 Å². The van der Waals surface area contributed by atoms with Crippen LogP contribution in [0.3, 0.4) is 0 Å². The molecule has 0 unspecified atom stereocenters. The van der Waals surface area contributed by atoms with Gasteiger partial charge in [-0.15, -0.1) is 46.7 Å². The van der Waals surface area contributed by atoms with Crippen LogP contribution in [0.25, 0.3) is 5.69 Å². The number of allylic oxidation sites excluding steroid dienone is 3. The molecule has 2 saturated heterocycles. The topological polar surface area (TPSA) is 67.2 Å². The fourth-order valence-corrected chi connectivity index (χ4v) is 6.18. The number of benzene rings is 1. The number of halogens is 2. The number of carbonyl (C=O) groups is 1. The molecular weight excluding hydrogens is 493 g/mol. The number of quaternary nitrogens is 1. The van der Waals surface area contributed by atoms with Crippen LogP contribution in [-0.4, -0.2) is 78.4 Å². The number of nitrogens with zero attached hydrogens (tertiary/aromatic N) is 7. The van der Waals surface area contributed by atoms with Gasteiger partial charge in [0.1, 0.15) is 12.7 Å². The van der Waals surface area contributed by atoms with Crippen molar-refractivity contribution in [1.29, 1.82) is 0 Å². The van der Waals surface area contributed by atoms with Crippen LogP contribution in [0.15, 0.2) is 66.0 Å². The van der Waals surface area contributed by atoms with E-state index in [-0.39, 0.29) is 30.7 Å². The van der Waals surface area contributed by atoms with E-state index < -0.39 is 0 Å². The second-order valence-electron chi connectivity index (χ2n) is 8.71. The first-order valence-corrected chi connectivity index (χ1v) is 12.3. The summed E-state index contributed by atoms with van der Waals surface area (Å²) in [7, 11) is 0. The highest BCUT2D eigenvalue weighted by atomic mass is 35.5. The number of rotatable bonds is 4. The Morgan fingerprint density at radius 2 is 1.88 bits per heavy atom. The molecule has 0 spiro atoms. The van der Waals surface area contributed by atoms with Crippen molar-refractivity contribution in [1.82, 2.24) is 30.1 Å². The van der Waals surface area contributed by atoms with Gasteiger partial charge in [-0.05, 0) is 41.5 Å². The van der Waals surface area contributed by atoms with Gasteiger partial charge in [-0.3, -0.25) is 4.79 Å². The van der Waals surface area contributed by atoms with Crippen molar-refractivity contribution >= 4 is 42.5 Å². The SMILES string of the molecule is Cl.Cl.O=C(C1=CC2=CC=C[N@@+]2(N2CCC(c3nnnn3-c3ccccc3)CC2)C1)N1CCSC1. The molecule has 4 aliphatic heterocycles. The van der Waals surface area contributed by atoms with E-state index in [2.05, 4.69) is 45.0 Å². The minimum atomic E-state index is 0. The number of aromatic nitrogens is 4. The molecule has 6 rings (SSSR count). The number of thioether (sulfide) groups is 1. The molecule has 0 N–H and O–H groups in total. The average molecular weight is 521 g/mol. The Kier molecular flexibility index (Phi) is 7.49. The lowest BCUT2D eigenvalue weighted by atomic mass is 9.96. The maximum atomic E-state index is 13.0. The van der Waals surface area contributed by atoms with Crippen molar-refractivity contribution in [2.45, 2.75) is 18.8 Å². The molecular formula is C23H28Cl2N7OS+. The minimum absolute atomic E-state index is 0. The Balaban J connectivity index is 0.00000137. The first kappa shape index (κ1) is 24.9. The Bertz CT molecular complexity index is 1120. The quantitative estimate of drug-likeness (QED) is 0.576. The van der Waals surface area contributed by atoms with Crippen LogP contribution in [0.1, 0.15) is 24.6 Å². The van der Waals surface area contributed by atoms with Crippen molar-refractivity contribution in [2.75, 3.05) is 37.8 Å². The molecule has 1 atom stereocenters. The van der Waals surface area contributed by atoms with Gasteiger partial charge in [-0.2, -0.15) is 9.27 Å². The summed E-state index contributed by atoms with van der Waals surface area (Å²) >= 11 is 1.83. The summed E-state index contributed by atoms with van der Waals surface area (Å²) in [6, 6.07) is 10.1. The number of fused-ring (bicyclic) bond motifs is 1. The van der Waals surface area contributed by atoms with E-state index in [9.17, 15) is 4.79 Å². The zero-order valence-electron chi connectivity index (χ0n) is 18.7. The highest BCUT2D eigenvalue weighted by Crippen LogP contribution is 2.40. The van der Waals surface area contributed by atoms with Crippen molar-refractivity contribution in [3.05, 3.63) is 71.9 Å². The van der Waals surface area contributed by atoms with Crippen LogP contribution in [0.2, 0.25) is 0 Å². The molecule has 180 valence electrons. The van der Waals surface area contributed by atoms with Gasteiger partial charge < -0.3 is 4.90 Å². The van der Waals surface area contributed by atoms with E-state index in [0.717, 1.165) is 67.7 Å². The van der Waals surface area contributed by atoms with Crippen LogP contribution in [0.4, 0.5) is 0 Å². The van der Waals surface area contributed by atoms with Gasteiger partial charge in [0.15, 0.2) is 11.5 Å². The summed E-state index contributed by atoms with van der Waals surface area (Å²) in [6.07, 6.45) is 10.6. The Labute approximate surface area is 215 Å². The normalized spacial score (nSPS) is 24.3. The second-order valence-corrected chi connectivity index (χ2v) is 9.78. The molecule has 0 bridgehead atoms. The first-order chi connectivity index (χ1) is 15.7. The Morgan fingerprint density at radius 1 is 1.09 bits per heavy atom. The van der Waals surface area contributed by atoms with Crippen LogP contribution >= 0.6 is 36.6 Å².